The first-order chi connectivity index (χ1) is 9.58. The Kier molecular flexibility index (Phi) is 4.73. The van der Waals surface area contributed by atoms with E-state index in [0.717, 1.165) is 44.0 Å². The molecule has 0 radical (unpaired) electrons. The van der Waals surface area contributed by atoms with E-state index in [9.17, 15) is 4.79 Å². The van der Waals surface area contributed by atoms with Crippen molar-refractivity contribution in [1.82, 2.24) is 15.3 Å². The number of amides is 1. The van der Waals surface area contributed by atoms with Gasteiger partial charge in [-0.3, -0.25) is 10.2 Å². The molecule has 4 N–H and O–H groups in total. The molecule has 0 unspecified atom stereocenters. The van der Waals surface area contributed by atoms with Gasteiger partial charge in [0, 0.05) is 38.3 Å². The van der Waals surface area contributed by atoms with Crippen LogP contribution in [-0.2, 0) is 4.79 Å². The molecular formula is C13H22N6O. The number of nitrogens with zero attached hydrogens (tertiary/aromatic N) is 3. The quantitative estimate of drug-likeness (QED) is 0.546. The lowest BCUT2D eigenvalue weighted by Crippen LogP contribution is -2.38. The first-order valence-corrected chi connectivity index (χ1v) is 6.90. The highest BCUT2D eigenvalue weighted by molar-refractivity contribution is 5.72. The van der Waals surface area contributed by atoms with Crippen LogP contribution in [0.3, 0.4) is 0 Å². The maximum absolute atomic E-state index is 10.9. The summed E-state index contributed by atoms with van der Waals surface area (Å²) in [5, 5.41) is 2.89. The fourth-order valence-corrected chi connectivity index (χ4v) is 2.43. The molecule has 0 aromatic carbocycles. The van der Waals surface area contributed by atoms with Gasteiger partial charge in [0.2, 0.25) is 11.9 Å². The number of nitrogen functional groups attached to an aromatic ring is 1. The molecule has 0 spiro atoms. The molecule has 1 fully saturated rings. The number of hydrogen-bond acceptors (Lipinski definition) is 6. The van der Waals surface area contributed by atoms with Gasteiger partial charge < -0.3 is 10.2 Å². The van der Waals surface area contributed by atoms with Gasteiger partial charge in [-0.1, -0.05) is 0 Å². The first-order valence-electron chi connectivity index (χ1n) is 6.90. The normalized spacial score (nSPS) is 16.1. The second kappa shape index (κ2) is 6.51. The molecular weight excluding hydrogens is 256 g/mol. The first kappa shape index (κ1) is 14.5. The number of carbonyl (C=O) groups is 1. The number of aryl methyl sites for hydroxylation is 1. The summed E-state index contributed by atoms with van der Waals surface area (Å²) in [6.07, 6.45) is 2.10. The lowest BCUT2D eigenvalue weighted by molar-refractivity contribution is -0.119. The van der Waals surface area contributed by atoms with Crippen LogP contribution in [0, 0.1) is 12.8 Å². The molecule has 0 atom stereocenters. The van der Waals surface area contributed by atoms with Gasteiger partial charge in [-0.05, 0) is 25.7 Å². The van der Waals surface area contributed by atoms with Gasteiger partial charge in [0.15, 0.2) is 0 Å². The van der Waals surface area contributed by atoms with Crippen LogP contribution in [0.5, 0.6) is 0 Å². The predicted octanol–water partition coefficient (Wildman–Crippen LogP) is 0.423. The minimum absolute atomic E-state index is 0.0394. The maximum atomic E-state index is 10.9. The zero-order valence-electron chi connectivity index (χ0n) is 12.0. The molecule has 110 valence electrons. The lowest BCUT2D eigenvalue weighted by Gasteiger charge is -2.33. The molecule has 1 aliphatic rings. The third-order valence-electron chi connectivity index (χ3n) is 3.55. The van der Waals surface area contributed by atoms with Crippen LogP contribution in [0.1, 0.15) is 25.5 Å². The van der Waals surface area contributed by atoms with Gasteiger partial charge in [-0.15, -0.1) is 0 Å². The molecule has 20 heavy (non-hydrogen) atoms. The summed E-state index contributed by atoms with van der Waals surface area (Å²) in [5.41, 5.74) is 3.38. The second-order valence-corrected chi connectivity index (χ2v) is 5.20. The zero-order valence-corrected chi connectivity index (χ0v) is 12.0. The van der Waals surface area contributed by atoms with Crippen molar-refractivity contribution < 1.29 is 4.79 Å². The molecule has 1 amide bonds. The van der Waals surface area contributed by atoms with Gasteiger partial charge in [-0.25, -0.2) is 10.8 Å². The predicted molar refractivity (Wildman–Crippen MR) is 78.2 cm³/mol. The number of hydrogen-bond donors (Lipinski definition) is 3. The smallest absolute Gasteiger partial charge is 0.239 e. The van der Waals surface area contributed by atoms with Crippen molar-refractivity contribution in [2.45, 2.75) is 26.7 Å². The van der Waals surface area contributed by atoms with Crippen LogP contribution in [0.15, 0.2) is 6.07 Å². The maximum Gasteiger partial charge on any atom is 0.239 e. The fraction of sp³-hybridized carbons (Fsp3) is 0.615. The second-order valence-electron chi connectivity index (χ2n) is 5.20. The number of aromatic nitrogens is 2. The molecule has 7 nitrogen and oxygen atoms in total. The molecule has 1 aromatic rings. The minimum Gasteiger partial charge on any atom is -0.356 e. The van der Waals surface area contributed by atoms with Crippen molar-refractivity contribution in [1.29, 1.82) is 0 Å². The van der Waals surface area contributed by atoms with Gasteiger partial charge in [0.25, 0.3) is 0 Å². The van der Waals surface area contributed by atoms with E-state index < -0.39 is 0 Å². The van der Waals surface area contributed by atoms with Crippen molar-refractivity contribution in [3.8, 4) is 0 Å². The largest absolute Gasteiger partial charge is 0.356 e. The minimum atomic E-state index is 0.0394. The number of hydrazine groups is 1. The molecule has 1 aliphatic heterocycles. The Bertz CT molecular complexity index is 470. The molecule has 1 aromatic heterocycles. The van der Waals surface area contributed by atoms with Crippen LogP contribution >= 0.6 is 0 Å². The summed E-state index contributed by atoms with van der Waals surface area (Å²) in [4.78, 5) is 21.7. The van der Waals surface area contributed by atoms with Gasteiger partial charge in [0.1, 0.15) is 5.82 Å². The summed E-state index contributed by atoms with van der Waals surface area (Å²) in [5.74, 6) is 7.31. The number of rotatable bonds is 4. The van der Waals surface area contributed by atoms with Crippen molar-refractivity contribution in [3.05, 3.63) is 11.8 Å². The Labute approximate surface area is 118 Å². The Hall–Kier alpha value is -1.89. The molecule has 1 saturated heterocycles. The fourth-order valence-electron chi connectivity index (χ4n) is 2.43. The highest BCUT2D eigenvalue weighted by Gasteiger charge is 2.20. The van der Waals surface area contributed by atoms with E-state index in [4.69, 9.17) is 5.84 Å². The highest BCUT2D eigenvalue weighted by atomic mass is 16.1. The summed E-state index contributed by atoms with van der Waals surface area (Å²) < 4.78 is 0. The summed E-state index contributed by atoms with van der Waals surface area (Å²) in [6, 6.07) is 1.97. The van der Waals surface area contributed by atoms with E-state index in [1.807, 2.05) is 13.0 Å². The Morgan fingerprint density at radius 3 is 2.75 bits per heavy atom. The number of anilines is 2. The number of carbonyl (C=O) groups excluding carboxylic acids is 1. The summed E-state index contributed by atoms with van der Waals surface area (Å²) in [7, 11) is 0. The van der Waals surface area contributed by atoms with Gasteiger partial charge >= 0.3 is 0 Å². The number of nitrogens with two attached hydrogens (primary N) is 1. The summed E-state index contributed by atoms with van der Waals surface area (Å²) in [6.45, 7) is 6.12. The van der Waals surface area contributed by atoms with E-state index in [1.54, 1.807) is 6.92 Å². The SMILES string of the molecule is CC(=O)NCC1CCN(c2cc(C)nc(NN)n2)CC1. The van der Waals surface area contributed by atoms with Crippen LogP contribution < -0.4 is 21.5 Å². The molecule has 2 heterocycles. The monoisotopic (exact) mass is 278 g/mol. The third kappa shape index (κ3) is 3.80. The zero-order chi connectivity index (χ0) is 14.5. The van der Waals surface area contributed by atoms with Crippen molar-refractivity contribution in [3.63, 3.8) is 0 Å². The Morgan fingerprint density at radius 2 is 2.15 bits per heavy atom. The van der Waals surface area contributed by atoms with E-state index in [0.29, 0.717) is 11.9 Å². The molecule has 0 saturated carbocycles. The lowest BCUT2D eigenvalue weighted by atomic mass is 9.97. The average Bonchev–Trinajstić information content (AvgIpc) is 2.45. The van der Waals surface area contributed by atoms with Crippen LogP contribution in [0.25, 0.3) is 0 Å². The van der Waals surface area contributed by atoms with Crippen LogP contribution in [-0.4, -0.2) is 35.5 Å². The molecule has 0 aliphatic carbocycles. The average molecular weight is 278 g/mol. The van der Waals surface area contributed by atoms with Gasteiger partial charge in [-0.2, -0.15) is 4.98 Å². The number of nitrogens with one attached hydrogen (secondary N) is 2. The van der Waals surface area contributed by atoms with E-state index in [-0.39, 0.29) is 5.91 Å². The Morgan fingerprint density at radius 1 is 1.45 bits per heavy atom. The van der Waals surface area contributed by atoms with Crippen molar-refractivity contribution in [2.75, 3.05) is 30.0 Å². The third-order valence-corrected chi connectivity index (χ3v) is 3.55. The highest BCUT2D eigenvalue weighted by Crippen LogP contribution is 2.22. The molecule has 2 rings (SSSR count). The van der Waals surface area contributed by atoms with Gasteiger partial charge in [0.05, 0.1) is 0 Å². The molecule has 0 bridgehead atoms. The van der Waals surface area contributed by atoms with E-state index in [1.165, 1.54) is 0 Å². The molecule has 7 heteroatoms. The van der Waals surface area contributed by atoms with E-state index >= 15 is 0 Å². The van der Waals surface area contributed by atoms with Crippen molar-refractivity contribution in [2.24, 2.45) is 11.8 Å². The van der Waals surface area contributed by atoms with Crippen LogP contribution in [0.4, 0.5) is 11.8 Å². The number of piperidine rings is 1. The Balaban J connectivity index is 1.93. The topological polar surface area (TPSA) is 96.2 Å². The van der Waals surface area contributed by atoms with Crippen LogP contribution in [0.2, 0.25) is 0 Å². The van der Waals surface area contributed by atoms with Crippen molar-refractivity contribution >= 4 is 17.7 Å². The standard InChI is InChI=1S/C13H22N6O/c1-9-7-12(17-13(16-9)18-14)19-5-3-11(4-6-19)8-15-10(2)20/h7,11H,3-6,8,14H2,1-2H3,(H,15,20)(H,16,17,18). The summed E-state index contributed by atoms with van der Waals surface area (Å²) >= 11 is 0. The van der Waals surface area contributed by atoms with E-state index in [2.05, 4.69) is 25.6 Å².